The maximum atomic E-state index is 12.6. The van der Waals surface area contributed by atoms with Crippen molar-refractivity contribution in [3.63, 3.8) is 0 Å². The molecule has 6 nitrogen and oxygen atoms in total. The van der Waals surface area contributed by atoms with Crippen LogP contribution in [0.25, 0.3) is 0 Å². The summed E-state index contributed by atoms with van der Waals surface area (Å²) in [6.07, 6.45) is 0. The minimum Gasteiger partial charge on any atom is -0.465 e. The Morgan fingerprint density at radius 3 is 2.43 bits per heavy atom. The van der Waals surface area contributed by atoms with Crippen molar-refractivity contribution < 1.29 is 12.8 Å². The third kappa shape index (κ3) is 2.93. The summed E-state index contributed by atoms with van der Waals surface area (Å²) in [5.41, 5.74) is 8.03. The van der Waals surface area contributed by atoms with E-state index in [-0.39, 0.29) is 11.4 Å². The molecule has 21 heavy (non-hydrogen) atoms. The first-order valence-electron chi connectivity index (χ1n) is 6.52. The van der Waals surface area contributed by atoms with Gasteiger partial charge in [-0.15, -0.1) is 0 Å². The van der Waals surface area contributed by atoms with E-state index in [9.17, 15) is 8.42 Å². The second-order valence-corrected chi connectivity index (χ2v) is 6.54. The Balaban J connectivity index is 2.48. The monoisotopic (exact) mass is 309 g/mol. The van der Waals surface area contributed by atoms with Crippen molar-refractivity contribution in [2.75, 3.05) is 4.72 Å². The first kappa shape index (κ1) is 15.5. The standard InChI is InChI=1S/C14H19N3O3S/c1-8-5-6-13(9(2)16-8)17-21(18,19)14-11(4)20-10(3)12(14)7-15/h5-6,17H,7,15H2,1-4H3. The van der Waals surface area contributed by atoms with E-state index in [2.05, 4.69) is 9.71 Å². The topological polar surface area (TPSA) is 98.2 Å². The molecule has 2 heterocycles. The molecule has 0 aliphatic carbocycles. The summed E-state index contributed by atoms with van der Waals surface area (Å²) in [4.78, 5) is 4.36. The number of rotatable bonds is 4. The number of sulfonamides is 1. The summed E-state index contributed by atoms with van der Waals surface area (Å²) < 4.78 is 33.1. The van der Waals surface area contributed by atoms with Crippen LogP contribution in [0.4, 0.5) is 5.69 Å². The fourth-order valence-corrected chi connectivity index (χ4v) is 3.87. The van der Waals surface area contributed by atoms with Gasteiger partial charge in [0.1, 0.15) is 16.4 Å². The molecule has 0 aliphatic rings. The van der Waals surface area contributed by atoms with Crippen molar-refractivity contribution in [2.45, 2.75) is 39.1 Å². The van der Waals surface area contributed by atoms with Gasteiger partial charge in [0.15, 0.2) is 0 Å². The van der Waals surface area contributed by atoms with E-state index in [0.29, 0.717) is 28.5 Å². The van der Waals surface area contributed by atoms with Crippen LogP contribution in [0.5, 0.6) is 0 Å². The fourth-order valence-electron chi connectivity index (χ4n) is 2.29. The van der Waals surface area contributed by atoms with E-state index >= 15 is 0 Å². The van der Waals surface area contributed by atoms with Gasteiger partial charge in [0.25, 0.3) is 10.0 Å². The molecule has 2 aromatic heterocycles. The molecule has 0 saturated heterocycles. The largest absolute Gasteiger partial charge is 0.465 e. The normalized spacial score (nSPS) is 11.7. The molecule has 0 aromatic carbocycles. The predicted octanol–water partition coefficient (Wildman–Crippen LogP) is 2.17. The Bertz CT molecular complexity index is 779. The van der Waals surface area contributed by atoms with E-state index in [0.717, 1.165) is 5.69 Å². The Labute approximate surface area is 124 Å². The average molecular weight is 309 g/mol. The summed E-state index contributed by atoms with van der Waals surface area (Å²) in [7, 11) is -3.77. The van der Waals surface area contributed by atoms with Gasteiger partial charge >= 0.3 is 0 Å². The number of nitrogens with two attached hydrogens (primary N) is 1. The fraction of sp³-hybridized carbons (Fsp3) is 0.357. The van der Waals surface area contributed by atoms with Crippen LogP contribution in [0.15, 0.2) is 21.4 Å². The number of aromatic nitrogens is 1. The Morgan fingerprint density at radius 1 is 1.19 bits per heavy atom. The van der Waals surface area contributed by atoms with Crippen LogP contribution >= 0.6 is 0 Å². The van der Waals surface area contributed by atoms with Gasteiger partial charge < -0.3 is 10.2 Å². The summed E-state index contributed by atoms with van der Waals surface area (Å²) in [5.74, 6) is 0.854. The van der Waals surface area contributed by atoms with Crippen molar-refractivity contribution in [2.24, 2.45) is 5.73 Å². The number of aryl methyl sites for hydroxylation is 4. The Hall–Kier alpha value is -1.86. The van der Waals surface area contributed by atoms with Crippen LogP contribution in [0, 0.1) is 27.7 Å². The molecule has 0 fully saturated rings. The lowest BCUT2D eigenvalue weighted by Crippen LogP contribution is -2.17. The van der Waals surface area contributed by atoms with Crippen LogP contribution in [0.2, 0.25) is 0 Å². The highest BCUT2D eigenvalue weighted by Gasteiger charge is 2.26. The van der Waals surface area contributed by atoms with Gasteiger partial charge in [-0.05, 0) is 39.8 Å². The van der Waals surface area contributed by atoms with Gasteiger partial charge in [-0.3, -0.25) is 9.71 Å². The van der Waals surface area contributed by atoms with E-state index < -0.39 is 10.0 Å². The highest BCUT2D eigenvalue weighted by molar-refractivity contribution is 7.92. The van der Waals surface area contributed by atoms with Crippen LogP contribution in [-0.4, -0.2) is 13.4 Å². The van der Waals surface area contributed by atoms with Gasteiger partial charge in [-0.2, -0.15) is 0 Å². The van der Waals surface area contributed by atoms with Gasteiger partial charge in [-0.1, -0.05) is 0 Å². The molecule has 0 radical (unpaired) electrons. The number of hydrogen-bond donors (Lipinski definition) is 2. The molecule has 114 valence electrons. The number of nitrogens with one attached hydrogen (secondary N) is 1. The Morgan fingerprint density at radius 2 is 1.86 bits per heavy atom. The Kier molecular flexibility index (Phi) is 4.06. The summed E-state index contributed by atoms with van der Waals surface area (Å²) >= 11 is 0. The van der Waals surface area contributed by atoms with Crippen molar-refractivity contribution in [3.8, 4) is 0 Å². The molecular formula is C14H19N3O3S. The maximum Gasteiger partial charge on any atom is 0.265 e. The maximum absolute atomic E-state index is 12.6. The predicted molar refractivity (Wildman–Crippen MR) is 80.6 cm³/mol. The lowest BCUT2D eigenvalue weighted by Gasteiger charge is -2.11. The van der Waals surface area contributed by atoms with Gasteiger partial charge in [0, 0.05) is 17.8 Å². The molecular weight excluding hydrogens is 290 g/mol. The van der Waals surface area contributed by atoms with E-state index in [1.807, 2.05) is 6.92 Å². The first-order chi connectivity index (χ1) is 9.76. The van der Waals surface area contributed by atoms with E-state index in [4.69, 9.17) is 10.2 Å². The molecule has 0 unspecified atom stereocenters. The molecule has 0 spiro atoms. The van der Waals surface area contributed by atoms with Crippen LogP contribution in [0.1, 0.15) is 28.5 Å². The summed E-state index contributed by atoms with van der Waals surface area (Å²) in [6, 6.07) is 3.45. The van der Waals surface area contributed by atoms with Crippen LogP contribution < -0.4 is 10.5 Å². The molecule has 0 amide bonds. The molecule has 2 rings (SSSR count). The quantitative estimate of drug-likeness (QED) is 0.902. The molecule has 0 aliphatic heterocycles. The smallest absolute Gasteiger partial charge is 0.265 e. The molecule has 3 N–H and O–H groups in total. The minimum absolute atomic E-state index is 0.102. The van der Waals surface area contributed by atoms with Crippen molar-refractivity contribution in [3.05, 3.63) is 40.6 Å². The lowest BCUT2D eigenvalue weighted by atomic mass is 10.2. The third-order valence-corrected chi connectivity index (χ3v) is 4.83. The number of pyridine rings is 1. The molecule has 0 bridgehead atoms. The third-order valence-electron chi connectivity index (χ3n) is 3.27. The van der Waals surface area contributed by atoms with Gasteiger partial charge in [-0.25, -0.2) is 8.42 Å². The zero-order valence-electron chi connectivity index (χ0n) is 12.5. The average Bonchev–Trinajstić information content (AvgIpc) is 2.67. The summed E-state index contributed by atoms with van der Waals surface area (Å²) in [6.45, 7) is 7.02. The molecule has 7 heteroatoms. The number of hydrogen-bond acceptors (Lipinski definition) is 5. The van der Waals surface area contributed by atoms with Crippen molar-refractivity contribution in [1.29, 1.82) is 0 Å². The second kappa shape index (κ2) is 5.50. The van der Waals surface area contributed by atoms with E-state index in [1.165, 1.54) is 0 Å². The highest BCUT2D eigenvalue weighted by atomic mass is 32.2. The minimum atomic E-state index is -3.77. The van der Waals surface area contributed by atoms with Gasteiger partial charge in [0.05, 0.1) is 11.4 Å². The zero-order valence-corrected chi connectivity index (χ0v) is 13.3. The lowest BCUT2D eigenvalue weighted by molar-refractivity contribution is 0.494. The summed E-state index contributed by atoms with van der Waals surface area (Å²) in [5, 5.41) is 0. The number of nitrogens with zero attached hydrogens (tertiary/aromatic N) is 1. The molecule has 0 saturated carbocycles. The second-order valence-electron chi connectivity index (χ2n) is 4.92. The molecule has 2 aromatic rings. The van der Waals surface area contributed by atoms with Gasteiger partial charge in [0.2, 0.25) is 0 Å². The van der Waals surface area contributed by atoms with Crippen LogP contribution in [0.3, 0.4) is 0 Å². The van der Waals surface area contributed by atoms with Crippen LogP contribution in [-0.2, 0) is 16.6 Å². The van der Waals surface area contributed by atoms with Crippen molar-refractivity contribution >= 4 is 15.7 Å². The molecule has 0 atom stereocenters. The number of anilines is 1. The SMILES string of the molecule is Cc1ccc(NS(=O)(=O)c2c(C)oc(C)c2CN)c(C)n1. The highest BCUT2D eigenvalue weighted by Crippen LogP contribution is 2.28. The van der Waals surface area contributed by atoms with Crippen molar-refractivity contribution in [1.82, 2.24) is 4.98 Å². The number of furan rings is 1. The first-order valence-corrected chi connectivity index (χ1v) is 8.00. The van der Waals surface area contributed by atoms with E-state index in [1.54, 1.807) is 32.9 Å². The zero-order chi connectivity index (χ0) is 15.8.